The number of aromatic nitrogens is 2. The van der Waals surface area contributed by atoms with E-state index in [0.29, 0.717) is 11.3 Å². The van der Waals surface area contributed by atoms with Crippen LogP contribution in [-0.2, 0) is 0 Å². The molecule has 0 fully saturated rings. The monoisotopic (exact) mass is 343 g/mol. The van der Waals surface area contributed by atoms with Crippen LogP contribution >= 0.6 is 0 Å². The van der Waals surface area contributed by atoms with Gasteiger partial charge in [-0.05, 0) is 30.3 Å². The average molecular weight is 343 g/mol. The van der Waals surface area contributed by atoms with Crippen molar-refractivity contribution in [2.75, 3.05) is 6.54 Å². The first-order chi connectivity index (χ1) is 12.1. The molecule has 1 unspecified atom stereocenters. The highest BCUT2D eigenvalue weighted by Crippen LogP contribution is 2.20. The van der Waals surface area contributed by atoms with Crippen LogP contribution in [-0.4, -0.2) is 27.3 Å². The molecule has 0 spiro atoms. The Labute approximate surface area is 142 Å². The van der Waals surface area contributed by atoms with Crippen LogP contribution in [0.3, 0.4) is 0 Å². The van der Waals surface area contributed by atoms with E-state index < -0.39 is 29.2 Å². The summed E-state index contributed by atoms with van der Waals surface area (Å²) in [5, 5.41) is 16.6. The summed E-state index contributed by atoms with van der Waals surface area (Å²) in [7, 11) is 0. The molecule has 128 valence electrons. The van der Waals surface area contributed by atoms with Gasteiger partial charge in [0.15, 0.2) is 0 Å². The lowest BCUT2D eigenvalue weighted by atomic mass is 10.1. The molecular formula is C18H15F2N3O2. The highest BCUT2D eigenvalue weighted by atomic mass is 19.1. The van der Waals surface area contributed by atoms with Gasteiger partial charge in [0.05, 0.1) is 16.8 Å². The Balaban J connectivity index is 1.76. The second-order valence-corrected chi connectivity index (χ2v) is 5.33. The van der Waals surface area contributed by atoms with Gasteiger partial charge in [0.2, 0.25) is 0 Å². The highest BCUT2D eigenvalue weighted by molar-refractivity contribution is 5.97. The zero-order valence-corrected chi connectivity index (χ0v) is 13.1. The molecule has 0 aliphatic carbocycles. The zero-order chi connectivity index (χ0) is 17.8. The topological polar surface area (TPSA) is 67.2 Å². The van der Waals surface area contributed by atoms with Crippen molar-refractivity contribution in [3.05, 3.63) is 83.7 Å². The molecule has 5 nitrogen and oxygen atoms in total. The van der Waals surface area contributed by atoms with Crippen LogP contribution in [0.15, 0.2) is 60.9 Å². The summed E-state index contributed by atoms with van der Waals surface area (Å²) in [6, 6.07) is 11.8. The fraction of sp³-hybridized carbons (Fsp3) is 0.111. The first kappa shape index (κ1) is 16.8. The van der Waals surface area contributed by atoms with Crippen molar-refractivity contribution in [2.24, 2.45) is 0 Å². The molecular weight excluding hydrogens is 328 g/mol. The quantitative estimate of drug-likeness (QED) is 0.748. The largest absolute Gasteiger partial charge is 0.386 e. The number of halogens is 2. The Morgan fingerprint density at radius 2 is 1.84 bits per heavy atom. The highest BCUT2D eigenvalue weighted by Gasteiger charge is 2.19. The summed E-state index contributed by atoms with van der Waals surface area (Å²) in [5.41, 5.74) is 0.409. The molecule has 0 aliphatic heterocycles. The van der Waals surface area contributed by atoms with Gasteiger partial charge in [-0.25, -0.2) is 13.5 Å². The number of rotatable bonds is 5. The molecule has 2 aromatic carbocycles. The number of carbonyl (C=O) groups excluding carboxylic acids is 1. The van der Waals surface area contributed by atoms with E-state index in [-0.39, 0.29) is 6.54 Å². The lowest BCUT2D eigenvalue weighted by molar-refractivity contribution is 0.0911. The predicted molar refractivity (Wildman–Crippen MR) is 87.2 cm³/mol. The SMILES string of the molecule is O=C(NCC(O)c1c(F)cccc1F)c1ccccc1-n1cccn1. The number of hydrogen-bond acceptors (Lipinski definition) is 3. The summed E-state index contributed by atoms with van der Waals surface area (Å²) in [6.45, 7) is -0.329. The van der Waals surface area contributed by atoms with Crippen molar-refractivity contribution in [3.8, 4) is 5.69 Å². The maximum Gasteiger partial charge on any atom is 0.253 e. The summed E-state index contributed by atoms with van der Waals surface area (Å²) >= 11 is 0. The van der Waals surface area contributed by atoms with Crippen molar-refractivity contribution in [2.45, 2.75) is 6.10 Å². The van der Waals surface area contributed by atoms with Gasteiger partial charge < -0.3 is 10.4 Å². The zero-order valence-electron chi connectivity index (χ0n) is 13.1. The molecule has 0 saturated heterocycles. The summed E-state index contributed by atoms with van der Waals surface area (Å²) in [5.74, 6) is -2.21. The van der Waals surface area contributed by atoms with Crippen LogP contribution in [0, 0.1) is 11.6 Å². The van der Waals surface area contributed by atoms with E-state index in [1.165, 1.54) is 10.7 Å². The van der Waals surface area contributed by atoms with Crippen LogP contribution in [0.1, 0.15) is 22.0 Å². The Kier molecular flexibility index (Phi) is 4.85. The number of nitrogens with one attached hydrogen (secondary N) is 1. The van der Waals surface area contributed by atoms with Gasteiger partial charge in [-0.2, -0.15) is 5.10 Å². The van der Waals surface area contributed by atoms with Crippen molar-refractivity contribution in [1.29, 1.82) is 0 Å². The van der Waals surface area contributed by atoms with Gasteiger partial charge >= 0.3 is 0 Å². The number of aliphatic hydroxyl groups excluding tert-OH is 1. The van der Waals surface area contributed by atoms with Gasteiger partial charge in [-0.1, -0.05) is 18.2 Å². The fourth-order valence-corrected chi connectivity index (χ4v) is 2.49. The summed E-state index contributed by atoms with van der Waals surface area (Å²) in [4.78, 5) is 12.4. The van der Waals surface area contributed by atoms with Gasteiger partial charge in [0.1, 0.15) is 17.7 Å². The molecule has 3 aromatic rings. The standard InChI is InChI=1S/C18H15F2N3O2/c19-13-6-3-7-14(20)17(13)16(24)11-21-18(25)12-5-1-2-8-15(12)23-10-4-9-22-23/h1-10,16,24H,11H2,(H,21,25). The van der Waals surface area contributed by atoms with Gasteiger partial charge in [-0.3, -0.25) is 4.79 Å². The Bertz CT molecular complexity index is 862. The van der Waals surface area contributed by atoms with Crippen molar-refractivity contribution in [3.63, 3.8) is 0 Å². The minimum absolute atomic E-state index is 0.326. The third-order valence-corrected chi connectivity index (χ3v) is 3.69. The molecule has 0 bridgehead atoms. The number of para-hydroxylation sites is 1. The molecule has 25 heavy (non-hydrogen) atoms. The van der Waals surface area contributed by atoms with Gasteiger partial charge in [-0.15, -0.1) is 0 Å². The number of nitrogens with zero attached hydrogens (tertiary/aromatic N) is 2. The molecule has 1 heterocycles. The Hall–Kier alpha value is -3.06. The van der Waals surface area contributed by atoms with E-state index in [1.54, 1.807) is 42.7 Å². The fourth-order valence-electron chi connectivity index (χ4n) is 2.49. The minimum Gasteiger partial charge on any atom is -0.386 e. The van der Waals surface area contributed by atoms with Crippen molar-refractivity contribution >= 4 is 5.91 Å². The first-order valence-electron chi connectivity index (χ1n) is 7.57. The average Bonchev–Trinajstić information content (AvgIpc) is 3.14. The lowest BCUT2D eigenvalue weighted by Crippen LogP contribution is -2.30. The van der Waals surface area contributed by atoms with E-state index >= 15 is 0 Å². The summed E-state index contributed by atoms with van der Waals surface area (Å²) in [6.07, 6.45) is 1.77. The molecule has 1 amide bonds. The number of hydrogen-bond donors (Lipinski definition) is 2. The Morgan fingerprint density at radius 3 is 2.52 bits per heavy atom. The normalized spacial score (nSPS) is 12.0. The predicted octanol–water partition coefficient (Wildman–Crippen LogP) is 2.61. The molecule has 0 radical (unpaired) electrons. The third-order valence-electron chi connectivity index (χ3n) is 3.69. The van der Waals surface area contributed by atoms with E-state index in [4.69, 9.17) is 0 Å². The van der Waals surface area contributed by atoms with E-state index in [0.717, 1.165) is 12.1 Å². The molecule has 2 N–H and O–H groups in total. The van der Waals surface area contributed by atoms with Crippen LogP contribution in [0.4, 0.5) is 8.78 Å². The van der Waals surface area contributed by atoms with Crippen LogP contribution < -0.4 is 5.32 Å². The molecule has 3 rings (SSSR count). The Morgan fingerprint density at radius 1 is 1.12 bits per heavy atom. The number of carbonyl (C=O) groups is 1. The maximum absolute atomic E-state index is 13.7. The second-order valence-electron chi connectivity index (χ2n) is 5.33. The lowest BCUT2D eigenvalue weighted by Gasteiger charge is -2.15. The summed E-state index contributed by atoms with van der Waals surface area (Å²) < 4.78 is 28.9. The molecule has 0 saturated carbocycles. The maximum atomic E-state index is 13.7. The van der Waals surface area contributed by atoms with Crippen LogP contribution in [0.2, 0.25) is 0 Å². The molecule has 0 aliphatic rings. The second kappa shape index (κ2) is 7.23. The number of aliphatic hydroxyl groups is 1. The van der Waals surface area contributed by atoms with Crippen molar-refractivity contribution < 1.29 is 18.7 Å². The van der Waals surface area contributed by atoms with Crippen LogP contribution in [0.5, 0.6) is 0 Å². The minimum atomic E-state index is -1.50. The van der Waals surface area contributed by atoms with Crippen molar-refractivity contribution in [1.82, 2.24) is 15.1 Å². The van der Waals surface area contributed by atoms with E-state index in [2.05, 4.69) is 10.4 Å². The molecule has 1 aromatic heterocycles. The van der Waals surface area contributed by atoms with E-state index in [1.807, 2.05) is 0 Å². The van der Waals surface area contributed by atoms with Gasteiger partial charge in [0.25, 0.3) is 5.91 Å². The number of benzene rings is 2. The van der Waals surface area contributed by atoms with Crippen LogP contribution in [0.25, 0.3) is 5.69 Å². The first-order valence-corrected chi connectivity index (χ1v) is 7.57. The molecule has 7 heteroatoms. The van der Waals surface area contributed by atoms with E-state index in [9.17, 15) is 18.7 Å². The third kappa shape index (κ3) is 3.56. The molecule has 1 atom stereocenters. The number of amides is 1. The smallest absolute Gasteiger partial charge is 0.253 e. The van der Waals surface area contributed by atoms with Gasteiger partial charge in [0, 0.05) is 18.9 Å².